The molecule has 2 N–H and O–H groups in total. The number of carbonyl (C=O) groups excluding carboxylic acids is 2. The van der Waals surface area contributed by atoms with E-state index in [1.165, 1.54) is 10.5 Å². The Morgan fingerprint density at radius 1 is 1.10 bits per heavy atom. The predicted molar refractivity (Wildman–Crippen MR) is 116 cm³/mol. The molecule has 0 aliphatic carbocycles. The number of nitrogens with one attached hydrogen (secondary N) is 1. The zero-order valence-corrected chi connectivity index (χ0v) is 17.4. The van der Waals surface area contributed by atoms with E-state index in [9.17, 15) is 14.7 Å². The van der Waals surface area contributed by atoms with Gasteiger partial charge >= 0.3 is 0 Å². The van der Waals surface area contributed by atoms with Crippen LogP contribution in [0.1, 0.15) is 57.1 Å². The van der Waals surface area contributed by atoms with Gasteiger partial charge in [-0.15, -0.1) is 0 Å². The largest absolute Gasteiger partial charge is 0.509 e. The van der Waals surface area contributed by atoms with E-state index in [0.29, 0.717) is 17.3 Å². The first-order valence-electron chi connectivity index (χ1n) is 10.1. The standard InChI is InChI=1S/C24H28N2O3/c1-5-16(4)17-10-12-18(13-11-17)26-14-21(27)22(24(26)29)23(28)25-20-9-7-6-8-19(20)15(2)3/h6-13,15-16,27H,5,14H2,1-4H3,(H,25,28). The van der Waals surface area contributed by atoms with Gasteiger partial charge in [-0.2, -0.15) is 0 Å². The maximum absolute atomic E-state index is 12.9. The normalized spacial score (nSPS) is 15.2. The summed E-state index contributed by atoms with van der Waals surface area (Å²) in [5.41, 5.74) is 3.29. The summed E-state index contributed by atoms with van der Waals surface area (Å²) in [4.78, 5) is 27.1. The van der Waals surface area contributed by atoms with Gasteiger partial charge in [0.1, 0.15) is 11.3 Å². The second-order valence-corrected chi connectivity index (χ2v) is 7.81. The first kappa shape index (κ1) is 20.6. The van der Waals surface area contributed by atoms with Gasteiger partial charge in [-0.1, -0.05) is 58.0 Å². The fourth-order valence-corrected chi connectivity index (χ4v) is 3.51. The van der Waals surface area contributed by atoms with Gasteiger partial charge in [-0.05, 0) is 47.6 Å². The van der Waals surface area contributed by atoms with Crippen LogP contribution in [0.5, 0.6) is 0 Å². The van der Waals surface area contributed by atoms with E-state index >= 15 is 0 Å². The third-order valence-electron chi connectivity index (χ3n) is 5.50. The quantitative estimate of drug-likeness (QED) is 0.670. The average Bonchev–Trinajstić information content (AvgIpc) is 3.01. The minimum absolute atomic E-state index is 0.00388. The SMILES string of the molecule is CCC(C)c1ccc(N2CC(O)=C(C(=O)Nc3ccccc3C(C)C)C2=O)cc1. The molecule has 1 atom stereocenters. The van der Waals surface area contributed by atoms with E-state index in [1.54, 1.807) is 6.07 Å². The topological polar surface area (TPSA) is 69.6 Å². The Balaban J connectivity index is 1.79. The van der Waals surface area contributed by atoms with Crippen LogP contribution in [0.15, 0.2) is 59.9 Å². The molecule has 0 spiro atoms. The number of hydrogen-bond acceptors (Lipinski definition) is 3. The Hall–Kier alpha value is -3.08. The molecule has 2 aromatic rings. The summed E-state index contributed by atoms with van der Waals surface area (Å²) in [5.74, 6) is -0.626. The monoisotopic (exact) mass is 392 g/mol. The van der Waals surface area contributed by atoms with Gasteiger partial charge in [0.15, 0.2) is 0 Å². The fraction of sp³-hybridized carbons (Fsp3) is 0.333. The molecule has 29 heavy (non-hydrogen) atoms. The molecule has 1 aliphatic rings. The third kappa shape index (κ3) is 4.19. The molecular formula is C24H28N2O3. The van der Waals surface area contributed by atoms with Crippen molar-refractivity contribution in [1.82, 2.24) is 0 Å². The second-order valence-electron chi connectivity index (χ2n) is 7.81. The van der Waals surface area contributed by atoms with Crippen LogP contribution < -0.4 is 10.2 Å². The Morgan fingerprint density at radius 2 is 1.76 bits per heavy atom. The van der Waals surface area contributed by atoms with Gasteiger partial charge in [0.2, 0.25) is 0 Å². The van der Waals surface area contributed by atoms with Crippen molar-refractivity contribution < 1.29 is 14.7 Å². The number of hydrogen-bond donors (Lipinski definition) is 2. The summed E-state index contributed by atoms with van der Waals surface area (Å²) in [7, 11) is 0. The average molecular weight is 392 g/mol. The molecule has 0 saturated carbocycles. The number of anilines is 2. The molecule has 1 heterocycles. The smallest absolute Gasteiger partial charge is 0.267 e. The highest BCUT2D eigenvalue weighted by Gasteiger charge is 2.36. The number of aliphatic hydroxyl groups excluding tert-OH is 1. The number of para-hydroxylation sites is 1. The van der Waals surface area contributed by atoms with Gasteiger partial charge in [0.05, 0.1) is 6.54 Å². The Bertz CT molecular complexity index is 945. The Kier molecular flexibility index (Phi) is 6.06. The van der Waals surface area contributed by atoms with Crippen LogP contribution in [0.4, 0.5) is 11.4 Å². The van der Waals surface area contributed by atoms with Crippen LogP contribution in [-0.2, 0) is 9.59 Å². The zero-order chi connectivity index (χ0) is 21.1. The lowest BCUT2D eigenvalue weighted by Gasteiger charge is -2.18. The third-order valence-corrected chi connectivity index (χ3v) is 5.50. The Morgan fingerprint density at radius 3 is 2.38 bits per heavy atom. The minimum Gasteiger partial charge on any atom is -0.509 e. The number of rotatable bonds is 6. The number of carbonyl (C=O) groups is 2. The van der Waals surface area contributed by atoms with E-state index < -0.39 is 11.8 Å². The van der Waals surface area contributed by atoms with Crippen LogP contribution in [0, 0.1) is 0 Å². The highest BCUT2D eigenvalue weighted by molar-refractivity contribution is 6.29. The van der Waals surface area contributed by atoms with Crippen molar-refractivity contribution >= 4 is 23.2 Å². The summed E-state index contributed by atoms with van der Waals surface area (Å²) >= 11 is 0. The maximum Gasteiger partial charge on any atom is 0.267 e. The highest BCUT2D eigenvalue weighted by Crippen LogP contribution is 2.29. The van der Waals surface area contributed by atoms with Crippen molar-refractivity contribution in [2.45, 2.75) is 46.0 Å². The molecule has 152 valence electrons. The van der Waals surface area contributed by atoms with Gasteiger partial charge in [0, 0.05) is 11.4 Å². The van der Waals surface area contributed by atoms with Crippen LogP contribution in [-0.4, -0.2) is 23.5 Å². The van der Waals surface area contributed by atoms with Crippen molar-refractivity contribution in [2.75, 3.05) is 16.8 Å². The summed E-state index contributed by atoms with van der Waals surface area (Å²) < 4.78 is 0. The summed E-state index contributed by atoms with van der Waals surface area (Å²) in [6.45, 7) is 8.35. The van der Waals surface area contributed by atoms with Crippen molar-refractivity contribution in [3.05, 3.63) is 71.0 Å². The molecule has 1 unspecified atom stereocenters. The molecule has 0 fully saturated rings. The van der Waals surface area contributed by atoms with Gasteiger partial charge in [-0.3, -0.25) is 9.59 Å². The molecule has 5 heteroatoms. The first-order valence-corrected chi connectivity index (χ1v) is 10.1. The number of aliphatic hydroxyl groups is 1. The molecule has 0 bridgehead atoms. The molecule has 0 radical (unpaired) electrons. The molecule has 2 aromatic carbocycles. The molecule has 0 aromatic heterocycles. The lowest BCUT2D eigenvalue weighted by atomic mass is 9.98. The van der Waals surface area contributed by atoms with Crippen molar-refractivity contribution in [3.8, 4) is 0 Å². The van der Waals surface area contributed by atoms with Crippen molar-refractivity contribution in [2.24, 2.45) is 0 Å². The molecule has 2 amide bonds. The van der Waals surface area contributed by atoms with E-state index in [-0.39, 0.29) is 23.8 Å². The van der Waals surface area contributed by atoms with Crippen LogP contribution in [0.3, 0.4) is 0 Å². The zero-order valence-electron chi connectivity index (χ0n) is 17.4. The van der Waals surface area contributed by atoms with E-state index in [0.717, 1.165) is 12.0 Å². The van der Waals surface area contributed by atoms with Crippen molar-refractivity contribution in [1.29, 1.82) is 0 Å². The summed E-state index contributed by atoms with van der Waals surface area (Å²) in [5, 5.41) is 13.1. The van der Waals surface area contributed by atoms with E-state index in [4.69, 9.17) is 0 Å². The molecule has 5 nitrogen and oxygen atoms in total. The minimum atomic E-state index is -0.584. The summed E-state index contributed by atoms with van der Waals surface area (Å²) in [6, 6.07) is 15.2. The molecule has 1 aliphatic heterocycles. The van der Waals surface area contributed by atoms with E-state index in [2.05, 4.69) is 19.2 Å². The second kappa shape index (κ2) is 8.52. The lowest BCUT2D eigenvalue weighted by molar-refractivity contribution is -0.119. The molecule has 0 saturated heterocycles. The maximum atomic E-state index is 12.9. The van der Waals surface area contributed by atoms with E-state index in [1.807, 2.05) is 56.3 Å². The number of amides is 2. The van der Waals surface area contributed by atoms with Crippen LogP contribution in [0.25, 0.3) is 0 Å². The summed E-state index contributed by atoms with van der Waals surface area (Å²) in [6.07, 6.45) is 1.03. The van der Waals surface area contributed by atoms with Crippen LogP contribution >= 0.6 is 0 Å². The molecule has 3 rings (SSSR count). The lowest BCUT2D eigenvalue weighted by Crippen LogP contribution is -2.30. The highest BCUT2D eigenvalue weighted by atomic mass is 16.3. The van der Waals surface area contributed by atoms with Gasteiger partial charge < -0.3 is 15.3 Å². The number of nitrogens with zero attached hydrogens (tertiary/aromatic N) is 1. The first-order chi connectivity index (χ1) is 13.8. The van der Waals surface area contributed by atoms with Crippen LogP contribution in [0.2, 0.25) is 0 Å². The Labute approximate surface area is 172 Å². The predicted octanol–water partition coefficient (Wildman–Crippen LogP) is 5.12. The van der Waals surface area contributed by atoms with Gasteiger partial charge in [0.25, 0.3) is 11.8 Å². The van der Waals surface area contributed by atoms with Gasteiger partial charge in [-0.25, -0.2) is 0 Å². The van der Waals surface area contributed by atoms with Crippen molar-refractivity contribution in [3.63, 3.8) is 0 Å². The fourth-order valence-electron chi connectivity index (χ4n) is 3.51. The molecular weight excluding hydrogens is 364 g/mol. The number of benzene rings is 2.